The van der Waals surface area contributed by atoms with E-state index in [0.29, 0.717) is 13.1 Å². The molecule has 1 N–H and O–H groups in total. The summed E-state index contributed by atoms with van der Waals surface area (Å²) in [7, 11) is 0. The van der Waals surface area contributed by atoms with E-state index in [4.69, 9.17) is 4.74 Å². The average Bonchev–Trinajstić information content (AvgIpc) is 2.74. The van der Waals surface area contributed by atoms with Crippen LogP contribution < -0.4 is 10.2 Å². The number of piperidine rings is 1. The van der Waals surface area contributed by atoms with Gasteiger partial charge in [-0.15, -0.1) is 0 Å². The fourth-order valence-corrected chi connectivity index (χ4v) is 4.64. The zero-order chi connectivity index (χ0) is 19.3. The Kier molecular flexibility index (Phi) is 6.27. The Morgan fingerprint density at radius 3 is 2.75 bits per heavy atom. The minimum absolute atomic E-state index is 0.0157. The number of amides is 2. The maximum atomic E-state index is 13.0. The molecule has 1 aromatic rings. The number of nitrogens with one attached hydrogen (secondary N) is 1. The number of carbonyl (C=O) groups excluding carboxylic acids is 2. The summed E-state index contributed by atoms with van der Waals surface area (Å²) in [6.45, 7) is 4.21. The second kappa shape index (κ2) is 9.05. The van der Waals surface area contributed by atoms with Crippen LogP contribution in [0.3, 0.4) is 0 Å². The van der Waals surface area contributed by atoms with Crippen LogP contribution in [0.15, 0.2) is 24.3 Å². The maximum absolute atomic E-state index is 13.0. The predicted octanol–water partition coefficient (Wildman–Crippen LogP) is 1.97. The molecule has 152 valence electrons. The van der Waals surface area contributed by atoms with Crippen LogP contribution in [0.4, 0.5) is 5.69 Å². The normalized spacial score (nSPS) is 23.9. The smallest absolute Gasteiger partial charge is 0.241 e. The van der Waals surface area contributed by atoms with Crippen molar-refractivity contribution in [1.29, 1.82) is 0 Å². The first-order valence-corrected chi connectivity index (χ1v) is 10.7. The number of para-hydroxylation sites is 1. The van der Waals surface area contributed by atoms with E-state index in [0.717, 1.165) is 70.5 Å². The third-order valence-electron chi connectivity index (χ3n) is 6.21. The van der Waals surface area contributed by atoms with Crippen molar-refractivity contribution in [3.05, 3.63) is 29.8 Å². The molecular weight excluding hydrogens is 354 g/mol. The van der Waals surface area contributed by atoms with Gasteiger partial charge in [0.25, 0.3) is 0 Å². The summed E-state index contributed by atoms with van der Waals surface area (Å²) < 4.78 is 5.37. The van der Waals surface area contributed by atoms with Crippen LogP contribution >= 0.6 is 0 Å². The average molecular weight is 386 g/mol. The van der Waals surface area contributed by atoms with E-state index in [1.165, 1.54) is 5.56 Å². The summed E-state index contributed by atoms with van der Waals surface area (Å²) in [5.74, 6) is 0.281. The first-order chi connectivity index (χ1) is 13.7. The number of fused-ring (bicyclic) bond motifs is 1. The fourth-order valence-electron chi connectivity index (χ4n) is 4.64. The lowest BCUT2D eigenvalue weighted by atomic mass is 9.96. The summed E-state index contributed by atoms with van der Waals surface area (Å²) in [6.07, 6.45) is 5.73. The molecule has 0 radical (unpaired) electrons. The van der Waals surface area contributed by atoms with Crippen molar-refractivity contribution in [2.24, 2.45) is 5.92 Å². The zero-order valence-corrected chi connectivity index (χ0v) is 16.6. The third kappa shape index (κ3) is 4.55. The molecule has 1 aromatic carbocycles. The minimum atomic E-state index is -0.0157. The van der Waals surface area contributed by atoms with Crippen molar-refractivity contribution in [1.82, 2.24) is 10.2 Å². The quantitative estimate of drug-likeness (QED) is 0.861. The Hall–Kier alpha value is -1.92. The van der Waals surface area contributed by atoms with Crippen LogP contribution in [0.5, 0.6) is 0 Å². The number of anilines is 1. The number of aryl methyl sites for hydroxylation is 1. The van der Waals surface area contributed by atoms with E-state index in [9.17, 15) is 9.59 Å². The topological polar surface area (TPSA) is 61.9 Å². The number of ether oxygens (including phenoxy) is 1. The number of rotatable bonds is 4. The van der Waals surface area contributed by atoms with Crippen molar-refractivity contribution in [3.8, 4) is 0 Å². The molecule has 0 spiro atoms. The second-order valence-electron chi connectivity index (χ2n) is 8.25. The number of likely N-dealkylation sites (tertiary alicyclic amines) is 1. The molecule has 2 saturated heterocycles. The van der Waals surface area contributed by atoms with Crippen LogP contribution in [-0.2, 0) is 20.7 Å². The molecule has 1 unspecified atom stereocenters. The molecule has 0 aliphatic carbocycles. The van der Waals surface area contributed by atoms with Gasteiger partial charge in [-0.2, -0.15) is 0 Å². The van der Waals surface area contributed by atoms with Crippen LogP contribution in [0.1, 0.15) is 37.7 Å². The number of hydrogen-bond donors (Lipinski definition) is 1. The van der Waals surface area contributed by atoms with Gasteiger partial charge in [0.15, 0.2) is 0 Å². The van der Waals surface area contributed by atoms with Crippen molar-refractivity contribution in [2.75, 3.05) is 44.3 Å². The first kappa shape index (κ1) is 19.4. The maximum Gasteiger partial charge on any atom is 0.241 e. The highest BCUT2D eigenvalue weighted by Crippen LogP contribution is 2.27. The summed E-state index contributed by atoms with van der Waals surface area (Å²) in [6, 6.07) is 8.45. The lowest BCUT2D eigenvalue weighted by molar-refractivity contribution is -0.129. The Bertz CT molecular complexity index is 702. The zero-order valence-electron chi connectivity index (χ0n) is 16.6. The Labute approximate surface area is 167 Å². The number of nitrogens with zero attached hydrogens (tertiary/aromatic N) is 2. The molecular formula is C22H31N3O3. The fraction of sp³-hybridized carbons (Fsp3) is 0.636. The first-order valence-electron chi connectivity index (χ1n) is 10.7. The van der Waals surface area contributed by atoms with Crippen LogP contribution in [0, 0.1) is 5.92 Å². The number of benzene rings is 1. The van der Waals surface area contributed by atoms with Gasteiger partial charge in [0, 0.05) is 38.0 Å². The van der Waals surface area contributed by atoms with Gasteiger partial charge in [-0.05, 0) is 56.7 Å². The van der Waals surface area contributed by atoms with E-state index in [-0.39, 0.29) is 23.8 Å². The largest absolute Gasteiger partial charge is 0.381 e. The SMILES string of the molecule is O=C(NC1CCOCC1)C1CCCN(CC(=O)N2CCCc3ccccc32)C1. The van der Waals surface area contributed by atoms with Crippen molar-refractivity contribution < 1.29 is 14.3 Å². The van der Waals surface area contributed by atoms with Gasteiger partial charge in [0.2, 0.25) is 11.8 Å². The molecule has 0 saturated carbocycles. The molecule has 6 heteroatoms. The molecule has 4 rings (SSSR count). The molecule has 1 atom stereocenters. The minimum Gasteiger partial charge on any atom is -0.381 e. The molecule has 28 heavy (non-hydrogen) atoms. The van der Waals surface area contributed by atoms with Crippen molar-refractivity contribution in [3.63, 3.8) is 0 Å². The summed E-state index contributed by atoms with van der Waals surface area (Å²) in [4.78, 5) is 29.8. The molecule has 0 bridgehead atoms. The number of carbonyl (C=O) groups is 2. The summed E-state index contributed by atoms with van der Waals surface area (Å²) >= 11 is 0. The highest BCUT2D eigenvalue weighted by atomic mass is 16.5. The van der Waals surface area contributed by atoms with Gasteiger partial charge in [-0.3, -0.25) is 14.5 Å². The Morgan fingerprint density at radius 2 is 1.89 bits per heavy atom. The van der Waals surface area contributed by atoms with E-state index in [1.54, 1.807) is 0 Å². The van der Waals surface area contributed by atoms with Gasteiger partial charge in [0.05, 0.1) is 12.5 Å². The molecule has 3 heterocycles. The molecule has 0 aromatic heterocycles. The summed E-state index contributed by atoms with van der Waals surface area (Å²) in [5.41, 5.74) is 2.32. The highest BCUT2D eigenvalue weighted by molar-refractivity contribution is 5.96. The lowest BCUT2D eigenvalue weighted by Gasteiger charge is -2.35. The van der Waals surface area contributed by atoms with Gasteiger partial charge in [0.1, 0.15) is 0 Å². The van der Waals surface area contributed by atoms with E-state index in [2.05, 4.69) is 16.3 Å². The molecule has 2 fully saturated rings. The Morgan fingerprint density at radius 1 is 1.07 bits per heavy atom. The van der Waals surface area contributed by atoms with Gasteiger partial charge < -0.3 is 15.0 Å². The Balaban J connectivity index is 1.32. The predicted molar refractivity (Wildman–Crippen MR) is 108 cm³/mol. The van der Waals surface area contributed by atoms with Crippen LogP contribution in [0.25, 0.3) is 0 Å². The number of hydrogen-bond acceptors (Lipinski definition) is 4. The van der Waals surface area contributed by atoms with Crippen molar-refractivity contribution >= 4 is 17.5 Å². The summed E-state index contributed by atoms with van der Waals surface area (Å²) in [5, 5.41) is 3.20. The van der Waals surface area contributed by atoms with E-state index >= 15 is 0 Å². The van der Waals surface area contributed by atoms with Gasteiger partial charge >= 0.3 is 0 Å². The lowest BCUT2D eigenvalue weighted by Crippen LogP contribution is -2.50. The van der Waals surface area contributed by atoms with Crippen LogP contribution in [0.2, 0.25) is 0 Å². The van der Waals surface area contributed by atoms with E-state index in [1.807, 2.05) is 23.1 Å². The van der Waals surface area contributed by atoms with Crippen molar-refractivity contribution in [2.45, 2.75) is 44.6 Å². The molecule has 3 aliphatic heterocycles. The molecule has 3 aliphatic rings. The van der Waals surface area contributed by atoms with E-state index < -0.39 is 0 Å². The third-order valence-corrected chi connectivity index (χ3v) is 6.21. The molecule has 2 amide bonds. The molecule has 6 nitrogen and oxygen atoms in total. The highest BCUT2D eigenvalue weighted by Gasteiger charge is 2.30. The van der Waals surface area contributed by atoms with Gasteiger partial charge in [-0.1, -0.05) is 18.2 Å². The van der Waals surface area contributed by atoms with Crippen LogP contribution in [-0.4, -0.2) is 62.1 Å². The monoisotopic (exact) mass is 385 g/mol. The standard InChI is InChI=1S/C22H31N3O3/c26-21(25-12-4-6-17-5-1-2-8-20(17)25)16-24-11-3-7-18(15-24)22(27)23-19-9-13-28-14-10-19/h1-2,5,8,18-19H,3-4,6-7,9-16H2,(H,23,27). The van der Waals surface area contributed by atoms with Gasteiger partial charge in [-0.25, -0.2) is 0 Å². The second-order valence-corrected chi connectivity index (χ2v) is 8.25.